The Labute approximate surface area is 100 Å². The molecule has 0 saturated carbocycles. The highest BCUT2D eigenvalue weighted by Gasteiger charge is 2.21. The molecule has 3 N–H and O–H groups in total. The maximum absolute atomic E-state index is 13.6. The van der Waals surface area contributed by atoms with Crippen LogP contribution in [0.1, 0.15) is 26.2 Å². The fourth-order valence-electron chi connectivity index (χ4n) is 2.20. The molecule has 1 fully saturated rings. The zero-order valence-corrected chi connectivity index (χ0v) is 9.99. The average molecular weight is 239 g/mol. The molecule has 0 spiro atoms. The zero-order chi connectivity index (χ0) is 12.3. The Balaban J connectivity index is 2.12. The third-order valence-electron chi connectivity index (χ3n) is 3.35. The van der Waals surface area contributed by atoms with Crippen LogP contribution in [0.3, 0.4) is 0 Å². The molecule has 0 bridgehead atoms. The number of anilines is 2. The van der Waals surface area contributed by atoms with E-state index in [1.54, 1.807) is 0 Å². The Hall–Kier alpha value is -1.43. The summed E-state index contributed by atoms with van der Waals surface area (Å²) in [5.74, 6) is 6.19. The number of aromatic nitrogens is 2. The first-order valence-corrected chi connectivity index (χ1v) is 5.98. The standard InChI is InChI=1S/C11H18FN5/c1-2-8-3-5-17(6-4-8)10-9(12)7-14-11(15-10)16-13/h7-8H,2-6,13H2,1H3,(H,14,15,16). The number of nitrogens with zero attached hydrogens (tertiary/aromatic N) is 3. The summed E-state index contributed by atoms with van der Waals surface area (Å²) in [5, 5.41) is 0. The number of rotatable bonds is 3. The van der Waals surface area contributed by atoms with Crippen molar-refractivity contribution in [2.75, 3.05) is 23.4 Å². The molecule has 2 rings (SSSR count). The molecule has 0 aromatic carbocycles. The molecule has 0 radical (unpaired) electrons. The minimum absolute atomic E-state index is 0.249. The van der Waals surface area contributed by atoms with E-state index in [9.17, 15) is 4.39 Å². The van der Waals surface area contributed by atoms with E-state index in [1.165, 1.54) is 6.42 Å². The fourth-order valence-corrected chi connectivity index (χ4v) is 2.20. The Morgan fingerprint density at radius 1 is 1.53 bits per heavy atom. The monoisotopic (exact) mass is 239 g/mol. The van der Waals surface area contributed by atoms with E-state index < -0.39 is 0 Å². The molecule has 0 aliphatic carbocycles. The zero-order valence-electron chi connectivity index (χ0n) is 9.99. The first-order valence-electron chi connectivity index (χ1n) is 5.98. The molecular weight excluding hydrogens is 221 g/mol. The van der Waals surface area contributed by atoms with Crippen molar-refractivity contribution < 1.29 is 4.39 Å². The van der Waals surface area contributed by atoms with Gasteiger partial charge in [0.2, 0.25) is 5.95 Å². The lowest BCUT2D eigenvalue weighted by molar-refractivity contribution is 0.391. The Morgan fingerprint density at radius 2 is 2.24 bits per heavy atom. The largest absolute Gasteiger partial charge is 0.354 e. The second-order valence-electron chi connectivity index (χ2n) is 4.35. The summed E-state index contributed by atoms with van der Waals surface area (Å²) in [4.78, 5) is 9.77. The van der Waals surface area contributed by atoms with E-state index in [0.29, 0.717) is 5.82 Å². The highest BCUT2D eigenvalue weighted by atomic mass is 19.1. The molecule has 94 valence electrons. The van der Waals surface area contributed by atoms with Crippen LogP contribution in [0, 0.1) is 11.7 Å². The number of piperidine rings is 1. The summed E-state index contributed by atoms with van der Waals surface area (Å²) in [6, 6.07) is 0. The van der Waals surface area contributed by atoms with Crippen LogP contribution in [0.5, 0.6) is 0 Å². The molecule has 0 unspecified atom stereocenters. The maximum atomic E-state index is 13.6. The molecule has 1 aliphatic rings. The summed E-state index contributed by atoms with van der Waals surface area (Å²) in [6.45, 7) is 3.88. The van der Waals surface area contributed by atoms with Gasteiger partial charge in [-0.3, -0.25) is 5.43 Å². The molecule has 17 heavy (non-hydrogen) atoms. The highest BCUT2D eigenvalue weighted by Crippen LogP contribution is 2.25. The molecule has 1 saturated heterocycles. The summed E-state index contributed by atoms with van der Waals surface area (Å²) in [6.07, 6.45) is 4.52. The van der Waals surface area contributed by atoms with E-state index in [-0.39, 0.29) is 11.8 Å². The summed E-state index contributed by atoms with van der Waals surface area (Å²) < 4.78 is 13.6. The van der Waals surface area contributed by atoms with Gasteiger partial charge in [-0.25, -0.2) is 15.2 Å². The normalized spacial score (nSPS) is 17.2. The predicted molar refractivity (Wildman–Crippen MR) is 65.0 cm³/mol. The van der Waals surface area contributed by atoms with Crippen LogP contribution in [0.2, 0.25) is 0 Å². The second kappa shape index (κ2) is 5.27. The Morgan fingerprint density at radius 3 is 2.82 bits per heavy atom. The first-order chi connectivity index (χ1) is 8.24. The number of hydrogen-bond donors (Lipinski definition) is 2. The number of nitrogens with one attached hydrogen (secondary N) is 1. The third kappa shape index (κ3) is 2.63. The van der Waals surface area contributed by atoms with Gasteiger partial charge in [-0.15, -0.1) is 0 Å². The van der Waals surface area contributed by atoms with Crippen LogP contribution < -0.4 is 16.2 Å². The molecule has 1 aliphatic heterocycles. The molecule has 0 amide bonds. The van der Waals surface area contributed by atoms with Gasteiger partial charge in [0.15, 0.2) is 11.6 Å². The van der Waals surface area contributed by atoms with Gasteiger partial charge in [0.25, 0.3) is 0 Å². The number of nitrogens with two attached hydrogens (primary N) is 1. The van der Waals surface area contributed by atoms with E-state index in [4.69, 9.17) is 5.84 Å². The third-order valence-corrected chi connectivity index (χ3v) is 3.35. The van der Waals surface area contributed by atoms with E-state index in [2.05, 4.69) is 22.3 Å². The quantitative estimate of drug-likeness (QED) is 0.618. The van der Waals surface area contributed by atoms with E-state index in [1.807, 2.05) is 4.90 Å². The van der Waals surface area contributed by atoms with E-state index in [0.717, 1.165) is 38.0 Å². The van der Waals surface area contributed by atoms with Crippen LogP contribution in [0.4, 0.5) is 16.2 Å². The summed E-state index contributed by atoms with van der Waals surface area (Å²) in [5.41, 5.74) is 2.34. The van der Waals surface area contributed by atoms with Crippen LogP contribution in [-0.2, 0) is 0 Å². The van der Waals surface area contributed by atoms with Gasteiger partial charge in [0, 0.05) is 13.1 Å². The molecule has 2 heterocycles. The maximum Gasteiger partial charge on any atom is 0.239 e. The lowest BCUT2D eigenvalue weighted by atomic mass is 9.94. The number of hydrogen-bond acceptors (Lipinski definition) is 5. The van der Waals surface area contributed by atoms with Crippen molar-refractivity contribution in [1.29, 1.82) is 0 Å². The van der Waals surface area contributed by atoms with Crippen molar-refractivity contribution >= 4 is 11.8 Å². The fraction of sp³-hybridized carbons (Fsp3) is 0.636. The topological polar surface area (TPSA) is 67.1 Å². The minimum atomic E-state index is -0.390. The van der Waals surface area contributed by atoms with Gasteiger partial charge in [-0.2, -0.15) is 4.98 Å². The van der Waals surface area contributed by atoms with Crippen LogP contribution in [0.25, 0.3) is 0 Å². The van der Waals surface area contributed by atoms with Gasteiger partial charge in [-0.05, 0) is 18.8 Å². The lowest BCUT2D eigenvalue weighted by Crippen LogP contribution is -2.35. The minimum Gasteiger partial charge on any atom is -0.354 e. The van der Waals surface area contributed by atoms with Gasteiger partial charge in [-0.1, -0.05) is 13.3 Å². The number of hydrazine groups is 1. The Bertz CT molecular complexity index is 376. The van der Waals surface area contributed by atoms with Crippen molar-refractivity contribution in [3.8, 4) is 0 Å². The van der Waals surface area contributed by atoms with Crippen LogP contribution in [-0.4, -0.2) is 23.1 Å². The summed E-state index contributed by atoms with van der Waals surface area (Å²) in [7, 11) is 0. The SMILES string of the molecule is CCC1CCN(c2nc(NN)ncc2F)CC1. The molecule has 5 nitrogen and oxygen atoms in total. The number of halogens is 1. The smallest absolute Gasteiger partial charge is 0.239 e. The van der Waals surface area contributed by atoms with E-state index >= 15 is 0 Å². The average Bonchev–Trinajstić information content (AvgIpc) is 2.39. The Kier molecular flexibility index (Phi) is 3.73. The highest BCUT2D eigenvalue weighted by molar-refractivity contribution is 5.43. The number of nitrogen functional groups attached to an aromatic ring is 1. The summed E-state index contributed by atoms with van der Waals surface area (Å²) >= 11 is 0. The van der Waals surface area contributed by atoms with Crippen LogP contribution in [0.15, 0.2) is 6.20 Å². The lowest BCUT2D eigenvalue weighted by Gasteiger charge is -2.32. The van der Waals surface area contributed by atoms with Crippen molar-refractivity contribution in [1.82, 2.24) is 9.97 Å². The molecular formula is C11H18FN5. The van der Waals surface area contributed by atoms with Crippen molar-refractivity contribution in [3.63, 3.8) is 0 Å². The van der Waals surface area contributed by atoms with Gasteiger partial charge in [0.05, 0.1) is 6.20 Å². The van der Waals surface area contributed by atoms with Crippen LogP contribution >= 0.6 is 0 Å². The van der Waals surface area contributed by atoms with Gasteiger partial charge >= 0.3 is 0 Å². The van der Waals surface area contributed by atoms with Gasteiger partial charge in [0.1, 0.15) is 0 Å². The second-order valence-corrected chi connectivity index (χ2v) is 4.35. The first kappa shape index (κ1) is 12.0. The molecule has 6 heteroatoms. The molecule has 1 aromatic rings. The van der Waals surface area contributed by atoms with Crippen molar-refractivity contribution in [3.05, 3.63) is 12.0 Å². The van der Waals surface area contributed by atoms with Crippen molar-refractivity contribution in [2.45, 2.75) is 26.2 Å². The molecule has 0 atom stereocenters. The molecule has 1 aromatic heterocycles. The van der Waals surface area contributed by atoms with Crippen molar-refractivity contribution in [2.24, 2.45) is 11.8 Å². The van der Waals surface area contributed by atoms with Gasteiger partial charge < -0.3 is 4.90 Å². The predicted octanol–water partition coefficient (Wildman–Crippen LogP) is 1.53.